The van der Waals surface area contributed by atoms with Crippen LogP contribution in [0.4, 0.5) is 5.69 Å². The van der Waals surface area contributed by atoms with E-state index in [0.717, 1.165) is 17.8 Å². The Kier molecular flexibility index (Phi) is 3.66. The van der Waals surface area contributed by atoms with E-state index in [1.165, 1.54) is 25.7 Å². The number of amides is 1. The highest BCUT2D eigenvalue weighted by molar-refractivity contribution is 5.94. The molecule has 2 saturated heterocycles. The minimum absolute atomic E-state index is 0.0334. The molecule has 2 aliphatic heterocycles. The lowest BCUT2D eigenvalue weighted by Gasteiger charge is -2.37. The van der Waals surface area contributed by atoms with E-state index in [0.29, 0.717) is 11.6 Å². The van der Waals surface area contributed by atoms with Crippen molar-refractivity contribution in [2.45, 2.75) is 43.8 Å². The number of piperidine rings is 1. The molecule has 2 unspecified atom stereocenters. The van der Waals surface area contributed by atoms with Crippen molar-refractivity contribution < 1.29 is 4.79 Å². The van der Waals surface area contributed by atoms with E-state index >= 15 is 0 Å². The third-order valence-corrected chi connectivity index (χ3v) is 4.84. The number of carbonyl (C=O) groups excluding carboxylic acids is 1. The first-order valence-corrected chi connectivity index (χ1v) is 7.48. The van der Waals surface area contributed by atoms with Crippen LogP contribution in [0.3, 0.4) is 0 Å². The number of anilines is 1. The van der Waals surface area contributed by atoms with Gasteiger partial charge in [0.15, 0.2) is 0 Å². The molecule has 1 aromatic carbocycles. The molecule has 0 radical (unpaired) electrons. The number of carbonyl (C=O) groups is 1. The number of rotatable bonds is 3. The molecule has 0 aromatic heterocycles. The molecule has 1 amide bonds. The Bertz CT molecular complexity index is 471. The first kappa shape index (κ1) is 13.4. The molecular formula is C16H23N3O. The molecule has 4 nitrogen and oxygen atoms in total. The molecule has 20 heavy (non-hydrogen) atoms. The van der Waals surface area contributed by atoms with Gasteiger partial charge in [-0.2, -0.15) is 0 Å². The number of benzene rings is 1. The summed E-state index contributed by atoms with van der Waals surface area (Å²) in [6, 6.07) is 9.83. The maximum atomic E-state index is 11.5. The van der Waals surface area contributed by atoms with Gasteiger partial charge in [-0.05, 0) is 57.0 Å². The van der Waals surface area contributed by atoms with Crippen LogP contribution in [0, 0.1) is 0 Å². The summed E-state index contributed by atoms with van der Waals surface area (Å²) in [6.45, 7) is 0. The maximum absolute atomic E-state index is 11.5. The number of hydrogen-bond acceptors (Lipinski definition) is 3. The first-order chi connectivity index (χ1) is 9.67. The van der Waals surface area contributed by atoms with Crippen molar-refractivity contribution in [1.82, 2.24) is 10.2 Å². The largest absolute Gasteiger partial charge is 0.382 e. The van der Waals surface area contributed by atoms with E-state index in [9.17, 15) is 4.79 Å². The normalized spacial score (nSPS) is 29.2. The standard InChI is InChI=1S/C16H23N3O/c1-17-16(20)11-3-5-12(6-4-11)18-13-9-14-7-8-15(10-13)19(14)2/h3-6,13-15,18H,7-10H2,1-2H3,(H,17,20). The van der Waals surface area contributed by atoms with Crippen LogP contribution >= 0.6 is 0 Å². The number of nitrogens with one attached hydrogen (secondary N) is 2. The van der Waals surface area contributed by atoms with E-state index in [-0.39, 0.29) is 5.91 Å². The van der Waals surface area contributed by atoms with Gasteiger partial charge in [-0.15, -0.1) is 0 Å². The molecule has 2 heterocycles. The Labute approximate surface area is 120 Å². The Balaban J connectivity index is 1.62. The van der Waals surface area contributed by atoms with Crippen molar-refractivity contribution in [2.24, 2.45) is 0 Å². The van der Waals surface area contributed by atoms with Crippen LogP contribution in [0.2, 0.25) is 0 Å². The Morgan fingerprint density at radius 2 is 1.75 bits per heavy atom. The molecule has 2 fully saturated rings. The van der Waals surface area contributed by atoms with Gasteiger partial charge < -0.3 is 15.5 Å². The Morgan fingerprint density at radius 1 is 1.15 bits per heavy atom. The quantitative estimate of drug-likeness (QED) is 0.886. The molecule has 2 N–H and O–H groups in total. The van der Waals surface area contributed by atoms with Crippen LogP contribution in [0.25, 0.3) is 0 Å². The predicted molar refractivity (Wildman–Crippen MR) is 81.0 cm³/mol. The van der Waals surface area contributed by atoms with Gasteiger partial charge in [-0.25, -0.2) is 0 Å². The van der Waals surface area contributed by atoms with Gasteiger partial charge in [-0.1, -0.05) is 0 Å². The molecule has 1 aromatic rings. The second kappa shape index (κ2) is 5.44. The van der Waals surface area contributed by atoms with Gasteiger partial charge in [0.1, 0.15) is 0 Å². The third kappa shape index (κ3) is 2.52. The average Bonchev–Trinajstić information content (AvgIpc) is 2.69. The van der Waals surface area contributed by atoms with Gasteiger partial charge in [0, 0.05) is 36.4 Å². The summed E-state index contributed by atoms with van der Waals surface area (Å²) in [5, 5.41) is 6.27. The molecular weight excluding hydrogens is 250 g/mol. The van der Waals surface area contributed by atoms with Crippen molar-refractivity contribution in [3.63, 3.8) is 0 Å². The SMILES string of the molecule is CNC(=O)c1ccc(NC2CC3CCC(C2)N3C)cc1. The second-order valence-electron chi connectivity index (χ2n) is 6.02. The highest BCUT2D eigenvalue weighted by Gasteiger charge is 2.38. The molecule has 2 bridgehead atoms. The van der Waals surface area contributed by atoms with Crippen LogP contribution in [0.15, 0.2) is 24.3 Å². The smallest absolute Gasteiger partial charge is 0.251 e. The van der Waals surface area contributed by atoms with Crippen molar-refractivity contribution in [3.8, 4) is 0 Å². The van der Waals surface area contributed by atoms with Gasteiger partial charge in [0.25, 0.3) is 5.91 Å². The van der Waals surface area contributed by atoms with Crippen LogP contribution in [0.1, 0.15) is 36.0 Å². The zero-order valence-corrected chi connectivity index (χ0v) is 12.2. The summed E-state index contributed by atoms with van der Waals surface area (Å²) in [5.41, 5.74) is 1.83. The molecule has 4 heteroatoms. The fourth-order valence-corrected chi connectivity index (χ4v) is 3.63. The van der Waals surface area contributed by atoms with Crippen molar-refractivity contribution in [2.75, 3.05) is 19.4 Å². The summed E-state index contributed by atoms with van der Waals surface area (Å²) in [7, 11) is 3.92. The monoisotopic (exact) mass is 273 g/mol. The molecule has 0 saturated carbocycles. The van der Waals surface area contributed by atoms with E-state index in [4.69, 9.17) is 0 Å². The summed E-state index contributed by atoms with van der Waals surface area (Å²) in [4.78, 5) is 14.1. The van der Waals surface area contributed by atoms with Crippen LogP contribution in [-0.4, -0.2) is 43.0 Å². The van der Waals surface area contributed by atoms with Crippen molar-refractivity contribution in [3.05, 3.63) is 29.8 Å². The minimum atomic E-state index is -0.0334. The lowest BCUT2D eigenvalue weighted by atomic mass is 9.97. The van der Waals surface area contributed by atoms with E-state index in [1.54, 1.807) is 7.05 Å². The molecule has 0 aliphatic carbocycles. The lowest BCUT2D eigenvalue weighted by Crippen LogP contribution is -2.44. The lowest BCUT2D eigenvalue weighted by molar-refractivity contribution is 0.0963. The van der Waals surface area contributed by atoms with E-state index < -0.39 is 0 Å². The fourth-order valence-electron chi connectivity index (χ4n) is 3.63. The van der Waals surface area contributed by atoms with Gasteiger partial charge >= 0.3 is 0 Å². The summed E-state index contributed by atoms with van der Waals surface area (Å²) >= 11 is 0. The highest BCUT2D eigenvalue weighted by Crippen LogP contribution is 2.35. The third-order valence-electron chi connectivity index (χ3n) is 4.84. The fraction of sp³-hybridized carbons (Fsp3) is 0.562. The number of nitrogens with zero attached hydrogens (tertiary/aromatic N) is 1. The molecule has 108 valence electrons. The molecule has 0 spiro atoms. The van der Waals surface area contributed by atoms with E-state index in [1.807, 2.05) is 24.3 Å². The van der Waals surface area contributed by atoms with Gasteiger partial charge in [-0.3, -0.25) is 4.79 Å². The number of hydrogen-bond donors (Lipinski definition) is 2. The first-order valence-electron chi connectivity index (χ1n) is 7.48. The zero-order chi connectivity index (χ0) is 14.1. The molecule has 2 aliphatic rings. The van der Waals surface area contributed by atoms with Crippen molar-refractivity contribution >= 4 is 11.6 Å². The minimum Gasteiger partial charge on any atom is -0.382 e. The Hall–Kier alpha value is -1.55. The van der Waals surface area contributed by atoms with Crippen LogP contribution in [0.5, 0.6) is 0 Å². The number of fused-ring (bicyclic) bond motifs is 2. The summed E-state index contributed by atoms with van der Waals surface area (Å²) < 4.78 is 0. The maximum Gasteiger partial charge on any atom is 0.251 e. The van der Waals surface area contributed by atoms with Gasteiger partial charge in [0.05, 0.1) is 0 Å². The Morgan fingerprint density at radius 3 is 2.30 bits per heavy atom. The predicted octanol–water partition coefficient (Wildman–Crippen LogP) is 2.08. The summed E-state index contributed by atoms with van der Waals surface area (Å²) in [5.74, 6) is -0.0334. The van der Waals surface area contributed by atoms with Crippen molar-refractivity contribution in [1.29, 1.82) is 0 Å². The highest BCUT2D eigenvalue weighted by atomic mass is 16.1. The zero-order valence-electron chi connectivity index (χ0n) is 12.2. The van der Waals surface area contributed by atoms with E-state index in [2.05, 4.69) is 22.6 Å². The molecule has 3 rings (SSSR count). The summed E-state index contributed by atoms with van der Waals surface area (Å²) in [6.07, 6.45) is 5.14. The average molecular weight is 273 g/mol. The molecule has 2 atom stereocenters. The van der Waals surface area contributed by atoms with Gasteiger partial charge in [0.2, 0.25) is 0 Å². The topological polar surface area (TPSA) is 44.4 Å². The van der Waals surface area contributed by atoms with Crippen LogP contribution < -0.4 is 10.6 Å². The second-order valence-corrected chi connectivity index (χ2v) is 6.02. The van der Waals surface area contributed by atoms with Crippen LogP contribution in [-0.2, 0) is 0 Å².